The summed E-state index contributed by atoms with van der Waals surface area (Å²) in [5, 5.41) is 7.13. The van der Waals surface area contributed by atoms with Crippen LogP contribution in [0.1, 0.15) is 35.6 Å². The van der Waals surface area contributed by atoms with E-state index in [0.29, 0.717) is 4.88 Å². The lowest BCUT2D eigenvalue weighted by Crippen LogP contribution is -2.31. The van der Waals surface area contributed by atoms with Gasteiger partial charge in [0.2, 0.25) is 0 Å². The molecule has 0 radical (unpaired) electrons. The topological polar surface area (TPSA) is 54.0 Å². The Bertz CT molecular complexity index is 606. The highest BCUT2D eigenvalue weighted by molar-refractivity contribution is 7.21. The maximum absolute atomic E-state index is 12.3. The molecule has 0 saturated carbocycles. The molecule has 4 nitrogen and oxygen atoms in total. The second-order valence-electron chi connectivity index (χ2n) is 4.64. The van der Waals surface area contributed by atoms with Crippen LogP contribution in [0.4, 0.5) is 5.69 Å². The first-order valence-electron chi connectivity index (χ1n) is 6.45. The largest absolute Gasteiger partial charge is 0.386 e. The van der Waals surface area contributed by atoms with Crippen LogP contribution in [0.5, 0.6) is 0 Å². The van der Waals surface area contributed by atoms with Gasteiger partial charge in [-0.05, 0) is 32.4 Å². The number of aryl methyl sites for hydroxylation is 1. The number of anilines is 1. The molecule has 0 aliphatic heterocycles. The van der Waals surface area contributed by atoms with E-state index in [1.165, 1.54) is 11.3 Å². The van der Waals surface area contributed by atoms with Gasteiger partial charge in [-0.25, -0.2) is 4.98 Å². The van der Waals surface area contributed by atoms with Crippen molar-refractivity contribution in [2.75, 3.05) is 12.4 Å². The van der Waals surface area contributed by atoms with Gasteiger partial charge in [-0.2, -0.15) is 0 Å². The van der Waals surface area contributed by atoms with E-state index in [0.717, 1.165) is 28.0 Å². The Balaban J connectivity index is 2.45. The molecule has 2 aromatic heterocycles. The number of hydrogen-bond donors (Lipinski definition) is 2. The lowest BCUT2D eigenvalue weighted by atomic mass is 10.2. The summed E-state index contributed by atoms with van der Waals surface area (Å²) in [7, 11) is 1.83. The van der Waals surface area contributed by atoms with Crippen molar-refractivity contribution in [3.8, 4) is 0 Å². The molecular weight excluding hydrogens is 258 g/mol. The van der Waals surface area contributed by atoms with Crippen LogP contribution in [-0.4, -0.2) is 24.0 Å². The molecule has 1 amide bonds. The molecule has 0 saturated heterocycles. The molecule has 0 aromatic carbocycles. The number of amides is 1. The van der Waals surface area contributed by atoms with Crippen molar-refractivity contribution in [2.45, 2.75) is 33.2 Å². The zero-order valence-corrected chi connectivity index (χ0v) is 12.5. The average molecular weight is 277 g/mol. The second kappa shape index (κ2) is 5.57. The highest BCUT2D eigenvalue weighted by Gasteiger charge is 2.19. The quantitative estimate of drug-likeness (QED) is 0.902. The van der Waals surface area contributed by atoms with Gasteiger partial charge in [0.25, 0.3) is 5.91 Å². The second-order valence-corrected chi connectivity index (χ2v) is 5.64. The van der Waals surface area contributed by atoms with Crippen molar-refractivity contribution in [3.63, 3.8) is 0 Å². The van der Waals surface area contributed by atoms with E-state index in [9.17, 15) is 4.79 Å². The number of rotatable bonds is 4. The molecule has 2 heterocycles. The minimum absolute atomic E-state index is 0.0284. The monoisotopic (exact) mass is 277 g/mol. The van der Waals surface area contributed by atoms with Crippen molar-refractivity contribution in [2.24, 2.45) is 0 Å². The smallest absolute Gasteiger partial charge is 0.263 e. The van der Waals surface area contributed by atoms with E-state index < -0.39 is 0 Å². The lowest BCUT2D eigenvalue weighted by Gasteiger charge is -2.11. The van der Waals surface area contributed by atoms with Crippen LogP contribution in [0.3, 0.4) is 0 Å². The fourth-order valence-electron chi connectivity index (χ4n) is 1.87. The Labute approximate surface area is 117 Å². The van der Waals surface area contributed by atoms with Crippen LogP contribution in [0.2, 0.25) is 0 Å². The Morgan fingerprint density at radius 1 is 1.47 bits per heavy atom. The van der Waals surface area contributed by atoms with Crippen molar-refractivity contribution < 1.29 is 4.79 Å². The van der Waals surface area contributed by atoms with Crippen molar-refractivity contribution >= 4 is 33.1 Å². The first-order valence-corrected chi connectivity index (χ1v) is 7.27. The molecule has 19 heavy (non-hydrogen) atoms. The Morgan fingerprint density at radius 3 is 2.84 bits per heavy atom. The molecule has 2 rings (SSSR count). The zero-order chi connectivity index (χ0) is 14.0. The van der Waals surface area contributed by atoms with Gasteiger partial charge in [-0.15, -0.1) is 11.3 Å². The molecule has 5 heteroatoms. The molecule has 2 aromatic rings. The number of thiophene rings is 1. The molecular formula is C14H19N3OS. The standard InChI is InChI=1S/C14H19N3OS/c1-5-8(2)16-13(18)12-11(15-4)10-7-6-9(3)17-14(10)19-12/h6-8,15H,5H2,1-4H3,(H,16,18). The number of aromatic nitrogens is 1. The summed E-state index contributed by atoms with van der Waals surface area (Å²) in [5.74, 6) is -0.0284. The molecule has 0 bridgehead atoms. The maximum Gasteiger partial charge on any atom is 0.263 e. The van der Waals surface area contributed by atoms with E-state index in [2.05, 4.69) is 22.5 Å². The highest BCUT2D eigenvalue weighted by Crippen LogP contribution is 2.34. The van der Waals surface area contributed by atoms with Gasteiger partial charge < -0.3 is 10.6 Å². The molecule has 2 N–H and O–H groups in total. The predicted octanol–water partition coefficient (Wildman–Crippen LogP) is 3.17. The summed E-state index contributed by atoms with van der Waals surface area (Å²) < 4.78 is 0. The van der Waals surface area contributed by atoms with Crippen LogP contribution < -0.4 is 10.6 Å². The molecule has 0 aliphatic carbocycles. The van der Waals surface area contributed by atoms with E-state index in [4.69, 9.17) is 0 Å². The van der Waals surface area contributed by atoms with E-state index in [1.54, 1.807) is 0 Å². The predicted molar refractivity (Wildman–Crippen MR) is 81.1 cm³/mol. The number of carbonyl (C=O) groups is 1. The minimum Gasteiger partial charge on any atom is -0.386 e. The van der Waals surface area contributed by atoms with Crippen LogP contribution in [0.15, 0.2) is 12.1 Å². The summed E-state index contributed by atoms with van der Waals surface area (Å²) in [6.45, 7) is 6.02. The fraction of sp³-hybridized carbons (Fsp3) is 0.429. The number of pyridine rings is 1. The average Bonchev–Trinajstić information content (AvgIpc) is 2.75. The Kier molecular flexibility index (Phi) is 4.04. The van der Waals surface area contributed by atoms with Gasteiger partial charge in [0.1, 0.15) is 9.71 Å². The maximum atomic E-state index is 12.3. The zero-order valence-electron chi connectivity index (χ0n) is 11.7. The van der Waals surface area contributed by atoms with Gasteiger partial charge in [0, 0.05) is 24.2 Å². The highest BCUT2D eigenvalue weighted by atomic mass is 32.1. The lowest BCUT2D eigenvalue weighted by molar-refractivity contribution is 0.0944. The molecule has 1 unspecified atom stereocenters. The van der Waals surface area contributed by atoms with Crippen molar-refractivity contribution in [3.05, 3.63) is 22.7 Å². The summed E-state index contributed by atoms with van der Waals surface area (Å²) in [6.07, 6.45) is 0.920. The number of fused-ring (bicyclic) bond motifs is 1. The van der Waals surface area contributed by atoms with Gasteiger partial charge in [0.15, 0.2) is 0 Å². The summed E-state index contributed by atoms with van der Waals surface area (Å²) >= 11 is 1.44. The molecule has 1 atom stereocenters. The van der Waals surface area contributed by atoms with Gasteiger partial charge in [0.05, 0.1) is 5.69 Å². The van der Waals surface area contributed by atoms with Crippen LogP contribution in [0, 0.1) is 6.92 Å². The third-order valence-corrected chi connectivity index (χ3v) is 4.24. The number of nitrogens with zero attached hydrogens (tertiary/aromatic N) is 1. The molecule has 0 spiro atoms. The first kappa shape index (κ1) is 13.8. The number of hydrogen-bond acceptors (Lipinski definition) is 4. The first-order chi connectivity index (χ1) is 9.06. The van der Waals surface area contributed by atoms with Gasteiger partial charge in [-0.3, -0.25) is 4.79 Å². The third-order valence-electron chi connectivity index (χ3n) is 3.14. The summed E-state index contributed by atoms with van der Waals surface area (Å²) in [6, 6.07) is 4.16. The Hall–Kier alpha value is -1.62. The normalized spacial score (nSPS) is 12.4. The molecule has 102 valence electrons. The summed E-state index contributed by atoms with van der Waals surface area (Å²) in [4.78, 5) is 18.4. The fourth-order valence-corrected chi connectivity index (χ4v) is 3.00. The van der Waals surface area contributed by atoms with Crippen LogP contribution in [-0.2, 0) is 0 Å². The summed E-state index contributed by atoms with van der Waals surface area (Å²) in [5.41, 5.74) is 1.83. The number of carbonyl (C=O) groups excluding carboxylic acids is 1. The van der Waals surface area contributed by atoms with Gasteiger partial charge >= 0.3 is 0 Å². The SMILES string of the molecule is CCC(C)NC(=O)c1sc2nc(C)ccc2c1NC. The van der Waals surface area contributed by atoms with E-state index >= 15 is 0 Å². The van der Waals surface area contributed by atoms with E-state index in [-0.39, 0.29) is 11.9 Å². The van der Waals surface area contributed by atoms with Crippen molar-refractivity contribution in [1.29, 1.82) is 0 Å². The van der Waals surface area contributed by atoms with Crippen LogP contribution >= 0.6 is 11.3 Å². The van der Waals surface area contributed by atoms with E-state index in [1.807, 2.05) is 33.0 Å². The van der Waals surface area contributed by atoms with Gasteiger partial charge in [-0.1, -0.05) is 6.92 Å². The number of nitrogens with one attached hydrogen (secondary N) is 2. The van der Waals surface area contributed by atoms with Crippen molar-refractivity contribution in [1.82, 2.24) is 10.3 Å². The third kappa shape index (κ3) is 2.71. The Morgan fingerprint density at radius 2 is 2.21 bits per heavy atom. The molecule has 0 fully saturated rings. The minimum atomic E-state index is -0.0284. The van der Waals surface area contributed by atoms with Crippen LogP contribution in [0.25, 0.3) is 10.2 Å². The molecule has 0 aliphatic rings.